The molecule has 20 nitrogen and oxygen atoms in total. The number of nitrogens with one attached hydrogen (secondary N) is 5. The summed E-state index contributed by atoms with van der Waals surface area (Å²) in [7, 11) is 3.20. The van der Waals surface area contributed by atoms with Crippen LogP contribution >= 0.6 is 0 Å². The first-order valence-corrected chi connectivity index (χ1v) is 16.2. The largest absolute Gasteiger partial charge is 0.480 e. The third-order valence-corrected chi connectivity index (χ3v) is 7.95. The molecule has 4 aromatic heterocycles. The molecule has 12 N–H and O–H groups in total. The molecule has 4 rings (SSSR count). The van der Waals surface area contributed by atoms with Gasteiger partial charge < -0.3 is 57.3 Å². The van der Waals surface area contributed by atoms with Gasteiger partial charge in [0.25, 0.3) is 17.4 Å². The molecule has 4 amide bonds. The van der Waals surface area contributed by atoms with Gasteiger partial charge in [-0.1, -0.05) is 0 Å². The second-order valence-electron chi connectivity index (χ2n) is 11.9. The highest BCUT2D eigenvalue weighted by molar-refractivity contribution is 6.05. The molecule has 0 fully saturated rings. The van der Waals surface area contributed by atoms with Gasteiger partial charge >= 0.3 is 5.97 Å². The van der Waals surface area contributed by atoms with Crippen molar-refractivity contribution in [1.29, 1.82) is 0 Å². The monoisotopic (exact) mass is 709 g/mol. The van der Waals surface area contributed by atoms with E-state index in [1.54, 1.807) is 14.1 Å². The molecule has 0 aromatic carbocycles. The lowest BCUT2D eigenvalue weighted by molar-refractivity contribution is -0.142. The molecule has 0 saturated carbocycles. The van der Waals surface area contributed by atoms with E-state index in [-0.39, 0.29) is 53.6 Å². The molecule has 0 saturated heterocycles. The topological polar surface area (TPSA) is 305 Å². The summed E-state index contributed by atoms with van der Waals surface area (Å²) >= 11 is 0. The molecule has 20 heteroatoms. The third-order valence-electron chi connectivity index (χ3n) is 7.95. The maximum Gasteiger partial charge on any atom is 0.326 e. The lowest BCUT2D eigenvalue weighted by Crippen LogP contribution is -2.51. The Morgan fingerprint density at radius 3 is 2.06 bits per heavy atom. The van der Waals surface area contributed by atoms with Crippen molar-refractivity contribution in [3.63, 3.8) is 0 Å². The van der Waals surface area contributed by atoms with Crippen molar-refractivity contribution in [3.05, 3.63) is 52.6 Å². The fourth-order valence-electron chi connectivity index (χ4n) is 5.37. The summed E-state index contributed by atoms with van der Waals surface area (Å²) in [6, 6.07) is 0.723. The number of aromatic nitrogens is 6. The zero-order chi connectivity index (χ0) is 37.2. The predicted octanol–water partition coefficient (Wildman–Crippen LogP) is -0.804. The van der Waals surface area contributed by atoms with Crippen LogP contribution < -0.4 is 44.0 Å². The smallest absolute Gasteiger partial charge is 0.326 e. The molecule has 4 heterocycles. The van der Waals surface area contributed by atoms with Gasteiger partial charge in [-0.15, -0.1) is 0 Å². The second-order valence-corrected chi connectivity index (χ2v) is 11.9. The molecule has 4 aromatic rings. The minimum Gasteiger partial charge on any atom is -0.480 e. The number of carbonyl (C=O) groups is 5. The van der Waals surface area contributed by atoms with Gasteiger partial charge in [0, 0.05) is 26.5 Å². The van der Waals surface area contributed by atoms with Crippen LogP contribution in [0.2, 0.25) is 0 Å². The van der Waals surface area contributed by atoms with E-state index in [1.807, 2.05) is 0 Å². The number of H-pyrrole nitrogens is 1. The van der Waals surface area contributed by atoms with E-state index in [2.05, 4.69) is 36.2 Å². The molecule has 0 unspecified atom stereocenters. The first-order chi connectivity index (χ1) is 24.3. The maximum atomic E-state index is 13.3. The number of carbonyl (C=O) groups excluding carboxylic acids is 4. The van der Waals surface area contributed by atoms with E-state index >= 15 is 0 Å². The standard InChI is InChI=1S/C31H43N13O7/c1-42-13-17(36-23(45)15-44-16-35-24-25(44)40-31(34)41-29(24)49)11-21(42)27(47)37-18-12-22(43(2)14-18)28(48)38-19(7-3-5-9-32)26(46)39-20(30(50)51)8-4-6-10-33/h11-14,16,19-20H,3-10,15,32-33H2,1-2H3,(H,36,45)(H,37,47)(H,38,48)(H,39,46)(H,50,51)(H3,34,40,41,49)/t19-,20-/m0/s1. The Morgan fingerprint density at radius 1 is 0.863 bits per heavy atom. The molecule has 2 atom stereocenters. The van der Waals surface area contributed by atoms with Crippen LogP contribution in [0.1, 0.15) is 59.5 Å². The Hall–Kier alpha value is -6.02. The molecule has 0 spiro atoms. The number of fused-ring (bicyclic) bond motifs is 1. The average Bonchev–Trinajstić information content (AvgIpc) is 3.75. The number of nitrogens with two attached hydrogens (primary N) is 3. The molecular weight excluding hydrogens is 666 g/mol. The maximum absolute atomic E-state index is 13.3. The van der Waals surface area contributed by atoms with E-state index in [0.717, 1.165) is 0 Å². The zero-order valence-corrected chi connectivity index (χ0v) is 28.3. The van der Waals surface area contributed by atoms with Crippen LogP contribution in [0.4, 0.5) is 17.3 Å². The van der Waals surface area contributed by atoms with Gasteiger partial charge in [-0.05, 0) is 63.7 Å². The first kappa shape index (κ1) is 37.8. The quantitative estimate of drug-likeness (QED) is 0.0574. The number of carboxylic acid groups (broad SMARTS) is 1. The van der Waals surface area contributed by atoms with Crippen molar-refractivity contribution in [2.24, 2.45) is 25.6 Å². The highest BCUT2D eigenvalue weighted by atomic mass is 16.4. The summed E-state index contributed by atoms with van der Waals surface area (Å²) in [6.07, 6.45) is 6.99. The summed E-state index contributed by atoms with van der Waals surface area (Å²) in [5, 5.41) is 20.2. The fourth-order valence-corrected chi connectivity index (χ4v) is 5.37. The molecular formula is C31H43N13O7. The van der Waals surface area contributed by atoms with Crippen LogP contribution in [0.3, 0.4) is 0 Å². The molecule has 0 aliphatic rings. The highest BCUT2D eigenvalue weighted by Gasteiger charge is 2.27. The van der Waals surface area contributed by atoms with Gasteiger partial charge in [0.05, 0.1) is 17.7 Å². The van der Waals surface area contributed by atoms with Gasteiger partial charge in [-0.3, -0.25) is 29.0 Å². The van der Waals surface area contributed by atoms with Crippen LogP contribution in [-0.4, -0.2) is 88.5 Å². The second kappa shape index (κ2) is 17.1. The van der Waals surface area contributed by atoms with E-state index < -0.39 is 47.2 Å². The van der Waals surface area contributed by atoms with Crippen molar-refractivity contribution >= 4 is 58.1 Å². The number of anilines is 3. The number of aliphatic carboxylic acids is 1. The number of aromatic amines is 1. The number of nitrogens with zero attached hydrogens (tertiary/aromatic N) is 5. The number of rotatable bonds is 18. The normalized spacial score (nSPS) is 12.3. The molecule has 274 valence electrons. The Kier molecular flexibility index (Phi) is 12.7. The number of imidazole rings is 1. The van der Waals surface area contributed by atoms with Crippen LogP contribution in [0.15, 0.2) is 35.6 Å². The number of unbranched alkanes of at least 4 members (excludes halogenated alkanes) is 2. The minimum atomic E-state index is -1.19. The SMILES string of the molecule is Cn1cc(NC(=O)Cn2cnc3c(=O)[nH]c(N)nc32)cc1C(=O)Nc1cc(C(=O)N[C@@H](CCCCN)C(=O)N[C@@H](CCCCN)C(=O)O)n(C)c1. The van der Waals surface area contributed by atoms with Crippen LogP contribution in [0, 0.1) is 0 Å². The molecule has 0 aliphatic carbocycles. The van der Waals surface area contributed by atoms with E-state index in [4.69, 9.17) is 17.2 Å². The Bertz CT molecular complexity index is 1960. The van der Waals surface area contributed by atoms with Crippen LogP contribution in [-0.2, 0) is 35.0 Å². The van der Waals surface area contributed by atoms with Crippen LogP contribution in [0.25, 0.3) is 11.2 Å². The van der Waals surface area contributed by atoms with Gasteiger partial charge in [0.1, 0.15) is 30.0 Å². The molecule has 51 heavy (non-hydrogen) atoms. The molecule has 0 aliphatic heterocycles. The average molecular weight is 710 g/mol. The number of aryl methyl sites for hydroxylation is 2. The van der Waals surface area contributed by atoms with E-state index in [0.29, 0.717) is 44.5 Å². The van der Waals surface area contributed by atoms with Crippen molar-refractivity contribution < 1.29 is 29.1 Å². The number of hydrogen-bond acceptors (Lipinski definition) is 11. The van der Waals surface area contributed by atoms with Gasteiger partial charge in [0.15, 0.2) is 11.2 Å². The summed E-state index contributed by atoms with van der Waals surface area (Å²) in [4.78, 5) is 86.6. The number of carboxylic acids is 1. The lowest BCUT2D eigenvalue weighted by Gasteiger charge is -2.21. The predicted molar refractivity (Wildman–Crippen MR) is 187 cm³/mol. The summed E-state index contributed by atoms with van der Waals surface area (Å²) in [5.41, 5.74) is 17.3. The minimum absolute atomic E-state index is 0.0311. The third kappa shape index (κ3) is 9.79. The van der Waals surface area contributed by atoms with Crippen molar-refractivity contribution in [2.75, 3.05) is 29.5 Å². The van der Waals surface area contributed by atoms with Gasteiger partial charge in [-0.2, -0.15) is 4.98 Å². The molecule has 0 radical (unpaired) electrons. The Balaban J connectivity index is 1.40. The zero-order valence-electron chi connectivity index (χ0n) is 28.3. The first-order valence-electron chi connectivity index (χ1n) is 16.2. The van der Waals surface area contributed by atoms with Crippen LogP contribution in [0.5, 0.6) is 0 Å². The Morgan fingerprint density at radius 2 is 1.45 bits per heavy atom. The van der Waals surface area contributed by atoms with E-state index in [9.17, 15) is 33.9 Å². The van der Waals surface area contributed by atoms with Gasteiger partial charge in [0.2, 0.25) is 17.8 Å². The summed E-state index contributed by atoms with van der Waals surface area (Å²) in [5.74, 6) is -3.57. The lowest BCUT2D eigenvalue weighted by atomic mass is 10.1. The Labute approximate surface area is 291 Å². The summed E-state index contributed by atoms with van der Waals surface area (Å²) < 4.78 is 4.34. The number of hydrogen-bond donors (Lipinski definition) is 9. The number of nitrogen functional groups attached to an aromatic ring is 1. The van der Waals surface area contributed by atoms with Gasteiger partial charge in [-0.25, -0.2) is 9.78 Å². The van der Waals surface area contributed by atoms with Crippen molar-refractivity contribution in [3.8, 4) is 0 Å². The highest BCUT2D eigenvalue weighted by Crippen LogP contribution is 2.18. The fraction of sp³-hybridized carbons (Fsp3) is 0.419. The molecule has 0 bridgehead atoms. The summed E-state index contributed by atoms with van der Waals surface area (Å²) in [6.45, 7) is 0.546. The van der Waals surface area contributed by atoms with E-state index in [1.165, 1.54) is 44.6 Å². The van der Waals surface area contributed by atoms with Crippen molar-refractivity contribution in [1.82, 2.24) is 39.3 Å². The number of amides is 4. The van der Waals surface area contributed by atoms with Crippen molar-refractivity contribution in [2.45, 2.75) is 57.2 Å².